The van der Waals surface area contributed by atoms with E-state index in [1.54, 1.807) is 13.0 Å². The predicted molar refractivity (Wildman–Crippen MR) is 95.6 cm³/mol. The van der Waals surface area contributed by atoms with Crippen LogP contribution < -0.4 is 14.8 Å². The van der Waals surface area contributed by atoms with Crippen molar-refractivity contribution in [2.24, 2.45) is 0 Å². The average Bonchev–Trinajstić information content (AvgIpc) is 2.92. The average molecular weight is 381 g/mol. The molecule has 26 heavy (non-hydrogen) atoms. The summed E-state index contributed by atoms with van der Waals surface area (Å²) in [6.45, 7) is 7.01. The summed E-state index contributed by atoms with van der Waals surface area (Å²) in [4.78, 5) is 11.9. The minimum Gasteiger partial charge on any atom is -0.483 e. The number of aryl methyl sites for hydroxylation is 3. The summed E-state index contributed by atoms with van der Waals surface area (Å²) in [5.74, 6) is 0.544. The smallest absolute Gasteiger partial charge is 0.257 e. The predicted octanol–water partition coefficient (Wildman–Crippen LogP) is 1.38. The van der Waals surface area contributed by atoms with Crippen LogP contribution in [0.5, 0.6) is 5.75 Å². The minimum atomic E-state index is -3.73. The second-order valence-electron chi connectivity index (χ2n) is 5.89. The lowest BCUT2D eigenvalue weighted by molar-refractivity contribution is -0.123. The van der Waals surface area contributed by atoms with Gasteiger partial charge in [0.25, 0.3) is 5.91 Å². The number of rotatable bonds is 8. The van der Waals surface area contributed by atoms with Crippen LogP contribution in [0.1, 0.15) is 22.6 Å². The Morgan fingerprint density at radius 1 is 1.19 bits per heavy atom. The molecule has 0 aliphatic heterocycles. The quantitative estimate of drug-likeness (QED) is 0.669. The number of carbonyl (C=O) groups is 1. The second kappa shape index (κ2) is 8.33. The summed E-state index contributed by atoms with van der Waals surface area (Å²) in [7, 11) is -3.73. The molecule has 0 fully saturated rings. The van der Waals surface area contributed by atoms with Crippen molar-refractivity contribution in [1.29, 1.82) is 0 Å². The molecular formula is C17H23N3O5S. The van der Waals surface area contributed by atoms with Crippen LogP contribution in [-0.4, -0.2) is 39.2 Å². The molecule has 9 heteroatoms. The number of aromatic nitrogens is 1. The van der Waals surface area contributed by atoms with E-state index >= 15 is 0 Å². The maximum Gasteiger partial charge on any atom is 0.257 e. The van der Waals surface area contributed by atoms with Crippen LogP contribution in [0.15, 0.2) is 27.6 Å². The summed E-state index contributed by atoms with van der Waals surface area (Å²) in [5, 5.41) is 6.23. The van der Waals surface area contributed by atoms with Gasteiger partial charge in [-0.25, -0.2) is 13.1 Å². The molecule has 0 saturated carbocycles. The molecule has 0 spiro atoms. The van der Waals surface area contributed by atoms with E-state index in [1.165, 1.54) is 6.92 Å². The maximum atomic E-state index is 12.2. The molecule has 142 valence electrons. The Labute approximate surface area is 153 Å². The summed E-state index contributed by atoms with van der Waals surface area (Å²) < 4.78 is 37.2. The van der Waals surface area contributed by atoms with Gasteiger partial charge in [-0.1, -0.05) is 17.3 Å². The number of benzene rings is 1. The third-order valence-corrected chi connectivity index (χ3v) is 5.59. The van der Waals surface area contributed by atoms with Gasteiger partial charge >= 0.3 is 0 Å². The molecule has 0 radical (unpaired) electrons. The van der Waals surface area contributed by atoms with Gasteiger partial charge < -0.3 is 14.6 Å². The fraction of sp³-hybridized carbons (Fsp3) is 0.412. The van der Waals surface area contributed by atoms with E-state index in [0.29, 0.717) is 11.4 Å². The lowest BCUT2D eigenvalue weighted by Crippen LogP contribution is -2.37. The molecule has 2 aromatic rings. The Kier molecular flexibility index (Phi) is 6.38. The van der Waals surface area contributed by atoms with Crippen LogP contribution in [0.2, 0.25) is 0 Å². The van der Waals surface area contributed by atoms with Gasteiger partial charge in [-0.05, 0) is 44.9 Å². The van der Waals surface area contributed by atoms with Crippen LogP contribution in [0, 0.1) is 27.7 Å². The van der Waals surface area contributed by atoms with Gasteiger partial charge in [-0.15, -0.1) is 0 Å². The topological polar surface area (TPSA) is 111 Å². The van der Waals surface area contributed by atoms with Crippen molar-refractivity contribution in [3.63, 3.8) is 0 Å². The molecule has 0 bridgehead atoms. The van der Waals surface area contributed by atoms with E-state index in [2.05, 4.69) is 15.2 Å². The molecule has 0 unspecified atom stereocenters. The zero-order chi connectivity index (χ0) is 19.3. The van der Waals surface area contributed by atoms with Crippen LogP contribution in [0.4, 0.5) is 0 Å². The molecule has 1 aromatic carbocycles. The number of sulfonamides is 1. The molecule has 0 aliphatic rings. The zero-order valence-corrected chi connectivity index (χ0v) is 16.1. The fourth-order valence-electron chi connectivity index (χ4n) is 2.39. The third-order valence-electron chi connectivity index (χ3n) is 3.89. The minimum absolute atomic E-state index is 0.0297. The van der Waals surface area contributed by atoms with Gasteiger partial charge in [-0.3, -0.25) is 4.79 Å². The Bertz CT molecular complexity index is 870. The fourth-order valence-corrected chi connectivity index (χ4v) is 3.75. The second-order valence-corrected chi connectivity index (χ2v) is 7.59. The molecule has 0 saturated heterocycles. The molecule has 1 amide bonds. The van der Waals surface area contributed by atoms with Crippen LogP contribution in [0.3, 0.4) is 0 Å². The number of amides is 1. The van der Waals surface area contributed by atoms with Crippen molar-refractivity contribution in [2.75, 3.05) is 19.7 Å². The van der Waals surface area contributed by atoms with Gasteiger partial charge in [0.15, 0.2) is 12.4 Å². The Morgan fingerprint density at radius 2 is 1.92 bits per heavy atom. The van der Waals surface area contributed by atoms with Crippen molar-refractivity contribution in [3.05, 3.63) is 40.8 Å². The first-order valence-corrected chi connectivity index (χ1v) is 9.59. The first kappa shape index (κ1) is 19.9. The standard InChI is InChI=1S/C17H23N3O5S/c1-11-6-5-7-15(12(11)2)24-10-16(21)18-8-9-19-26(22,23)17-13(3)20-25-14(17)4/h5-7,19H,8-10H2,1-4H3,(H,18,21). The van der Waals surface area contributed by atoms with Gasteiger partial charge in [0.2, 0.25) is 10.0 Å². The number of hydrogen-bond acceptors (Lipinski definition) is 6. The summed E-state index contributed by atoms with van der Waals surface area (Å²) in [5.41, 5.74) is 2.35. The van der Waals surface area contributed by atoms with Gasteiger partial charge in [0, 0.05) is 13.1 Å². The summed E-state index contributed by atoms with van der Waals surface area (Å²) in [6.07, 6.45) is 0. The van der Waals surface area contributed by atoms with Crippen LogP contribution in [-0.2, 0) is 14.8 Å². The molecule has 1 aromatic heterocycles. The summed E-state index contributed by atoms with van der Waals surface area (Å²) >= 11 is 0. The van der Waals surface area contributed by atoms with Crippen molar-refractivity contribution >= 4 is 15.9 Å². The molecule has 1 heterocycles. The van der Waals surface area contributed by atoms with Crippen molar-refractivity contribution < 1.29 is 22.5 Å². The Hall–Kier alpha value is -2.39. The Balaban J connectivity index is 1.77. The molecule has 0 atom stereocenters. The number of ether oxygens (including phenoxy) is 1. The van der Waals surface area contributed by atoms with Crippen molar-refractivity contribution in [3.8, 4) is 5.75 Å². The van der Waals surface area contributed by atoms with Crippen molar-refractivity contribution in [1.82, 2.24) is 15.2 Å². The molecule has 2 N–H and O–H groups in total. The molecular weight excluding hydrogens is 358 g/mol. The van der Waals surface area contributed by atoms with Crippen LogP contribution >= 0.6 is 0 Å². The van der Waals surface area contributed by atoms with Gasteiger partial charge in [0.05, 0.1) is 0 Å². The number of carbonyl (C=O) groups excluding carboxylic acids is 1. The van der Waals surface area contributed by atoms with Crippen LogP contribution in [0.25, 0.3) is 0 Å². The van der Waals surface area contributed by atoms with Gasteiger partial charge in [0.1, 0.15) is 16.3 Å². The largest absolute Gasteiger partial charge is 0.483 e. The van der Waals surface area contributed by atoms with Gasteiger partial charge in [-0.2, -0.15) is 0 Å². The first-order chi connectivity index (χ1) is 12.2. The van der Waals surface area contributed by atoms with E-state index < -0.39 is 10.0 Å². The number of hydrogen-bond donors (Lipinski definition) is 2. The highest BCUT2D eigenvalue weighted by atomic mass is 32.2. The molecule has 2 rings (SSSR count). The first-order valence-electron chi connectivity index (χ1n) is 8.10. The normalized spacial score (nSPS) is 11.4. The molecule has 0 aliphatic carbocycles. The maximum absolute atomic E-state index is 12.2. The SMILES string of the molecule is Cc1cccc(OCC(=O)NCCNS(=O)(=O)c2c(C)noc2C)c1C. The monoisotopic (exact) mass is 381 g/mol. The number of nitrogens with one attached hydrogen (secondary N) is 2. The summed E-state index contributed by atoms with van der Waals surface area (Å²) in [6, 6.07) is 5.62. The lowest BCUT2D eigenvalue weighted by atomic mass is 10.1. The van der Waals surface area contributed by atoms with E-state index in [-0.39, 0.29) is 36.3 Å². The Morgan fingerprint density at radius 3 is 2.58 bits per heavy atom. The highest BCUT2D eigenvalue weighted by Crippen LogP contribution is 2.20. The van der Waals surface area contributed by atoms with E-state index in [1.807, 2.05) is 26.0 Å². The lowest BCUT2D eigenvalue weighted by Gasteiger charge is -2.11. The molecule has 8 nitrogen and oxygen atoms in total. The highest BCUT2D eigenvalue weighted by Gasteiger charge is 2.23. The van der Waals surface area contributed by atoms with Crippen molar-refractivity contribution in [2.45, 2.75) is 32.6 Å². The highest BCUT2D eigenvalue weighted by molar-refractivity contribution is 7.89. The third kappa shape index (κ3) is 4.83. The number of nitrogens with zero attached hydrogens (tertiary/aromatic N) is 1. The zero-order valence-electron chi connectivity index (χ0n) is 15.3. The van der Waals surface area contributed by atoms with E-state index in [9.17, 15) is 13.2 Å². The van der Waals surface area contributed by atoms with E-state index in [0.717, 1.165) is 11.1 Å². The van der Waals surface area contributed by atoms with E-state index in [4.69, 9.17) is 9.26 Å².